The number of hydrogen-bond donors (Lipinski definition) is 2. The van der Waals surface area contributed by atoms with Gasteiger partial charge in [0, 0.05) is 34.9 Å². The van der Waals surface area contributed by atoms with Crippen LogP contribution in [0, 0.1) is 0 Å². The summed E-state index contributed by atoms with van der Waals surface area (Å²) in [6.07, 6.45) is 2.78. The zero-order valence-corrected chi connectivity index (χ0v) is 17.4. The van der Waals surface area contributed by atoms with Crippen molar-refractivity contribution in [3.05, 3.63) is 95.8 Å². The molecule has 2 heterocycles. The van der Waals surface area contributed by atoms with E-state index in [0.29, 0.717) is 24.3 Å². The van der Waals surface area contributed by atoms with E-state index >= 15 is 0 Å². The lowest BCUT2D eigenvalue weighted by molar-refractivity contribution is -0.117. The molecule has 2 amide bonds. The highest BCUT2D eigenvalue weighted by molar-refractivity contribution is 6.11. The highest BCUT2D eigenvalue weighted by atomic mass is 16.2. The Morgan fingerprint density at radius 1 is 1.00 bits per heavy atom. The lowest BCUT2D eigenvalue weighted by Gasteiger charge is -2.18. The fourth-order valence-electron chi connectivity index (χ4n) is 4.14. The molecule has 0 bridgehead atoms. The number of nitrogen functional groups attached to an aromatic ring is 1. The Morgan fingerprint density at radius 3 is 2.62 bits per heavy atom. The fourth-order valence-corrected chi connectivity index (χ4v) is 4.14. The molecule has 0 aliphatic carbocycles. The first-order chi connectivity index (χ1) is 15.6. The second-order valence-electron chi connectivity index (χ2n) is 7.86. The van der Waals surface area contributed by atoms with Gasteiger partial charge < -0.3 is 16.0 Å². The van der Waals surface area contributed by atoms with Gasteiger partial charge in [0.2, 0.25) is 5.91 Å². The van der Waals surface area contributed by atoms with Crippen molar-refractivity contribution in [3.63, 3.8) is 0 Å². The van der Waals surface area contributed by atoms with Gasteiger partial charge in [-0.05, 0) is 29.7 Å². The zero-order chi connectivity index (χ0) is 22.1. The number of nitrogens with zero attached hydrogens (tertiary/aromatic N) is 2. The summed E-state index contributed by atoms with van der Waals surface area (Å²) in [4.78, 5) is 31.9. The van der Waals surface area contributed by atoms with E-state index in [0.717, 1.165) is 34.0 Å². The van der Waals surface area contributed by atoms with Gasteiger partial charge in [-0.1, -0.05) is 60.7 Å². The molecule has 3 N–H and O–H groups in total. The summed E-state index contributed by atoms with van der Waals surface area (Å²) in [6.45, 7) is 0.636. The molecule has 0 saturated carbocycles. The van der Waals surface area contributed by atoms with E-state index in [9.17, 15) is 9.59 Å². The van der Waals surface area contributed by atoms with Crippen LogP contribution in [0.1, 0.15) is 21.6 Å². The fraction of sp³-hybridized carbons (Fsp3) is 0.115. The third-order valence-corrected chi connectivity index (χ3v) is 5.79. The standard InChI is InChI=1S/C26H22N4O2/c27-24-21-9-5-4-8-19(21)16-28-25(24)26(32)29-20-11-10-18-12-13-30(22(18)15-20)23(31)14-17-6-2-1-3-7-17/h1-11,15-16H,12-14,27H2,(H,29,32). The molecule has 0 atom stereocenters. The first kappa shape index (κ1) is 19.8. The summed E-state index contributed by atoms with van der Waals surface area (Å²) in [5.74, 6) is -0.341. The summed E-state index contributed by atoms with van der Waals surface area (Å²) in [7, 11) is 0. The number of pyridine rings is 1. The van der Waals surface area contributed by atoms with Crippen molar-refractivity contribution in [2.45, 2.75) is 12.8 Å². The van der Waals surface area contributed by atoms with Gasteiger partial charge >= 0.3 is 0 Å². The van der Waals surface area contributed by atoms with Crippen LogP contribution in [0.15, 0.2) is 79.0 Å². The third kappa shape index (κ3) is 3.67. The number of anilines is 3. The maximum atomic E-state index is 12.9. The first-order valence-corrected chi connectivity index (χ1v) is 10.5. The zero-order valence-electron chi connectivity index (χ0n) is 17.4. The van der Waals surface area contributed by atoms with Crippen LogP contribution in [0.4, 0.5) is 17.1 Å². The lowest BCUT2D eigenvalue weighted by Crippen LogP contribution is -2.30. The van der Waals surface area contributed by atoms with Crippen LogP contribution in [0.2, 0.25) is 0 Å². The second kappa shape index (κ2) is 8.15. The van der Waals surface area contributed by atoms with Crippen LogP contribution in [0.3, 0.4) is 0 Å². The predicted octanol–water partition coefficient (Wildman–Crippen LogP) is 4.20. The number of amides is 2. The van der Waals surface area contributed by atoms with E-state index in [2.05, 4.69) is 10.3 Å². The van der Waals surface area contributed by atoms with Crippen molar-refractivity contribution in [1.82, 2.24) is 4.98 Å². The minimum Gasteiger partial charge on any atom is -0.396 e. The number of nitrogens with one attached hydrogen (secondary N) is 1. The number of fused-ring (bicyclic) bond motifs is 2. The SMILES string of the molecule is Nc1c(C(=O)Nc2ccc3c(c2)N(C(=O)Cc2ccccc2)CC3)ncc2ccccc12. The van der Waals surface area contributed by atoms with Gasteiger partial charge in [-0.2, -0.15) is 0 Å². The molecule has 0 spiro atoms. The van der Waals surface area contributed by atoms with E-state index in [1.165, 1.54) is 0 Å². The molecule has 4 aromatic rings. The number of carbonyl (C=O) groups excluding carboxylic acids is 2. The van der Waals surface area contributed by atoms with Gasteiger partial charge in [0.05, 0.1) is 12.1 Å². The molecule has 5 rings (SSSR count). The summed E-state index contributed by atoms with van der Waals surface area (Å²) < 4.78 is 0. The smallest absolute Gasteiger partial charge is 0.276 e. The Bertz CT molecular complexity index is 1330. The van der Waals surface area contributed by atoms with E-state index < -0.39 is 0 Å². The van der Waals surface area contributed by atoms with Crippen LogP contribution in [0.5, 0.6) is 0 Å². The number of nitrogens with two attached hydrogens (primary N) is 1. The average Bonchev–Trinajstić information content (AvgIpc) is 3.23. The Balaban J connectivity index is 1.37. The highest BCUT2D eigenvalue weighted by Gasteiger charge is 2.25. The minimum atomic E-state index is -0.381. The van der Waals surface area contributed by atoms with Gasteiger partial charge in [0.15, 0.2) is 5.69 Å². The minimum absolute atomic E-state index is 0.0406. The van der Waals surface area contributed by atoms with Crippen LogP contribution in [-0.2, 0) is 17.6 Å². The van der Waals surface area contributed by atoms with Crippen molar-refractivity contribution in [2.24, 2.45) is 0 Å². The molecule has 1 aliphatic heterocycles. The summed E-state index contributed by atoms with van der Waals surface area (Å²) in [6, 6.07) is 22.9. The lowest BCUT2D eigenvalue weighted by atomic mass is 10.1. The number of benzene rings is 3. The van der Waals surface area contributed by atoms with Crippen molar-refractivity contribution < 1.29 is 9.59 Å². The van der Waals surface area contributed by atoms with Crippen molar-refractivity contribution in [1.29, 1.82) is 0 Å². The molecule has 0 radical (unpaired) electrons. The van der Waals surface area contributed by atoms with Crippen LogP contribution < -0.4 is 16.0 Å². The number of carbonyl (C=O) groups is 2. The number of hydrogen-bond acceptors (Lipinski definition) is 4. The largest absolute Gasteiger partial charge is 0.396 e. The van der Waals surface area contributed by atoms with Crippen molar-refractivity contribution >= 4 is 39.6 Å². The Labute approximate surface area is 185 Å². The van der Waals surface area contributed by atoms with E-state index in [4.69, 9.17) is 5.73 Å². The molecular weight excluding hydrogens is 400 g/mol. The van der Waals surface area contributed by atoms with Crippen molar-refractivity contribution in [3.8, 4) is 0 Å². The number of rotatable bonds is 4. The molecule has 32 heavy (non-hydrogen) atoms. The summed E-state index contributed by atoms with van der Waals surface area (Å²) >= 11 is 0. The van der Waals surface area contributed by atoms with Gasteiger partial charge in [-0.3, -0.25) is 9.59 Å². The highest BCUT2D eigenvalue weighted by Crippen LogP contribution is 2.32. The normalized spacial score (nSPS) is 12.6. The van der Waals surface area contributed by atoms with Gasteiger partial charge in [-0.15, -0.1) is 0 Å². The number of aromatic nitrogens is 1. The average molecular weight is 422 g/mol. The molecule has 6 nitrogen and oxygen atoms in total. The van der Waals surface area contributed by atoms with Crippen LogP contribution >= 0.6 is 0 Å². The van der Waals surface area contributed by atoms with Gasteiger partial charge in [-0.25, -0.2) is 4.98 Å². The molecular formula is C26H22N4O2. The maximum Gasteiger partial charge on any atom is 0.276 e. The Morgan fingerprint density at radius 2 is 1.78 bits per heavy atom. The molecule has 0 saturated heterocycles. The molecule has 158 valence electrons. The summed E-state index contributed by atoms with van der Waals surface area (Å²) in [5, 5.41) is 4.56. The Kier molecular flexibility index (Phi) is 5.03. The molecule has 1 aromatic heterocycles. The third-order valence-electron chi connectivity index (χ3n) is 5.79. The summed E-state index contributed by atoms with van der Waals surface area (Å²) in [5.41, 5.74) is 10.3. The van der Waals surface area contributed by atoms with E-state index in [1.807, 2.05) is 72.8 Å². The monoisotopic (exact) mass is 422 g/mol. The predicted molar refractivity (Wildman–Crippen MR) is 127 cm³/mol. The van der Waals surface area contributed by atoms with E-state index in [1.54, 1.807) is 11.1 Å². The second-order valence-corrected chi connectivity index (χ2v) is 7.86. The molecule has 1 aliphatic rings. The van der Waals surface area contributed by atoms with Crippen LogP contribution in [0.25, 0.3) is 10.8 Å². The quantitative estimate of drug-likeness (QED) is 0.516. The van der Waals surface area contributed by atoms with Gasteiger partial charge in [0.1, 0.15) is 0 Å². The topological polar surface area (TPSA) is 88.3 Å². The van der Waals surface area contributed by atoms with Crippen LogP contribution in [-0.4, -0.2) is 23.3 Å². The first-order valence-electron chi connectivity index (χ1n) is 10.5. The van der Waals surface area contributed by atoms with Gasteiger partial charge in [0.25, 0.3) is 5.91 Å². The molecule has 3 aromatic carbocycles. The molecule has 0 fully saturated rings. The molecule has 6 heteroatoms. The Hall–Kier alpha value is -4.19. The molecule has 0 unspecified atom stereocenters. The maximum absolute atomic E-state index is 12.9. The van der Waals surface area contributed by atoms with Crippen molar-refractivity contribution in [2.75, 3.05) is 22.5 Å². The van der Waals surface area contributed by atoms with E-state index in [-0.39, 0.29) is 17.5 Å².